The van der Waals surface area contributed by atoms with Gasteiger partial charge < -0.3 is 9.80 Å². The maximum absolute atomic E-state index is 13.0. The molecule has 4 nitrogen and oxygen atoms in total. The van der Waals surface area contributed by atoms with Crippen LogP contribution in [0.15, 0.2) is 54.6 Å². The van der Waals surface area contributed by atoms with Gasteiger partial charge in [-0.25, -0.2) is 0 Å². The van der Waals surface area contributed by atoms with Crippen molar-refractivity contribution in [2.24, 2.45) is 5.92 Å². The summed E-state index contributed by atoms with van der Waals surface area (Å²) < 4.78 is 0. The molecule has 0 radical (unpaired) electrons. The van der Waals surface area contributed by atoms with Gasteiger partial charge in [0.15, 0.2) is 0 Å². The van der Waals surface area contributed by atoms with Gasteiger partial charge in [0.05, 0.1) is 6.42 Å². The van der Waals surface area contributed by atoms with Gasteiger partial charge in [0.25, 0.3) is 0 Å². The molecule has 0 unspecified atom stereocenters. The lowest BCUT2D eigenvalue weighted by Gasteiger charge is -2.34. The highest BCUT2D eigenvalue weighted by molar-refractivity contribution is 5.95. The number of hydrogen-bond donors (Lipinski definition) is 0. The van der Waals surface area contributed by atoms with Crippen LogP contribution in [0.1, 0.15) is 30.9 Å². The maximum Gasteiger partial charge on any atom is 0.230 e. The van der Waals surface area contributed by atoms with Gasteiger partial charge in [-0.3, -0.25) is 9.59 Å². The Morgan fingerprint density at radius 1 is 1.00 bits per heavy atom. The Bertz CT molecular complexity index is 763. The van der Waals surface area contributed by atoms with Crippen LogP contribution in [0.2, 0.25) is 0 Å². The first kappa shape index (κ1) is 19.2. The first-order chi connectivity index (χ1) is 13.1. The second-order valence-corrected chi connectivity index (χ2v) is 7.24. The average molecular weight is 364 g/mol. The molecule has 0 spiro atoms. The molecule has 0 N–H and O–H groups in total. The number of rotatable bonds is 5. The molecule has 27 heavy (non-hydrogen) atoms. The minimum Gasteiger partial charge on any atom is -0.342 e. The van der Waals surface area contributed by atoms with Crippen LogP contribution >= 0.6 is 0 Å². The molecule has 1 saturated heterocycles. The Kier molecular flexibility index (Phi) is 6.28. The number of nitrogens with zero attached hydrogens (tertiary/aromatic N) is 2. The summed E-state index contributed by atoms with van der Waals surface area (Å²) in [6.07, 6.45) is 1.91. The van der Waals surface area contributed by atoms with E-state index < -0.39 is 0 Å². The van der Waals surface area contributed by atoms with Gasteiger partial charge in [-0.1, -0.05) is 48.0 Å². The smallest absolute Gasteiger partial charge is 0.230 e. The third kappa shape index (κ3) is 4.76. The van der Waals surface area contributed by atoms with E-state index >= 15 is 0 Å². The van der Waals surface area contributed by atoms with E-state index in [2.05, 4.69) is 0 Å². The summed E-state index contributed by atoms with van der Waals surface area (Å²) in [7, 11) is 0. The van der Waals surface area contributed by atoms with Gasteiger partial charge in [-0.2, -0.15) is 0 Å². The van der Waals surface area contributed by atoms with Crippen molar-refractivity contribution in [3.63, 3.8) is 0 Å². The second-order valence-electron chi connectivity index (χ2n) is 7.24. The summed E-state index contributed by atoms with van der Waals surface area (Å²) in [5.74, 6) is 0.322. The van der Waals surface area contributed by atoms with E-state index in [0.717, 1.165) is 24.1 Å². The van der Waals surface area contributed by atoms with Gasteiger partial charge >= 0.3 is 0 Å². The summed E-state index contributed by atoms with van der Waals surface area (Å²) >= 11 is 0. The molecule has 2 aromatic carbocycles. The number of carbonyl (C=O) groups is 2. The third-order valence-corrected chi connectivity index (χ3v) is 5.32. The molecule has 3 rings (SSSR count). The molecule has 4 heteroatoms. The molecule has 0 bridgehead atoms. The van der Waals surface area contributed by atoms with E-state index in [-0.39, 0.29) is 17.7 Å². The highest BCUT2D eigenvalue weighted by Crippen LogP contribution is 2.24. The van der Waals surface area contributed by atoms with Crippen molar-refractivity contribution in [2.75, 3.05) is 24.5 Å². The number of hydrogen-bond acceptors (Lipinski definition) is 2. The van der Waals surface area contributed by atoms with Crippen molar-refractivity contribution in [3.8, 4) is 0 Å². The van der Waals surface area contributed by atoms with Gasteiger partial charge in [-0.05, 0) is 44.4 Å². The molecule has 0 atom stereocenters. The second kappa shape index (κ2) is 8.85. The molecule has 1 heterocycles. The van der Waals surface area contributed by atoms with Crippen LogP contribution in [0.5, 0.6) is 0 Å². The summed E-state index contributed by atoms with van der Waals surface area (Å²) in [5, 5.41) is 0. The predicted molar refractivity (Wildman–Crippen MR) is 109 cm³/mol. The summed E-state index contributed by atoms with van der Waals surface area (Å²) in [5.41, 5.74) is 3.19. The van der Waals surface area contributed by atoms with Crippen LogP contribution in [0.4, 0.5) is 5.69 Å². The molecule has 0 aromatic heterocycles. The summed E-state index contributed by atoms with van der Waals surface area (Å²) in [6.45, 7) is 6.03. The molecule has 1 aliphatic rings. The Labute approximate surface area is 161 Å². The van der Waals surface area contributed by atoms with Crippen molar-refractivity contribution < 1.29 is 9.59 Å². The Morgan fingerprint density at radius 2 is 1.63 bits per heavy atom. The Morgan fingerprint density at radius 3 is 2.22 bits per heavy atom. The van der Waals surface area contributed by atoms with Gasteiger partial charge in [0, 0.05) is 31.2 Å². The van der Waals surface area contributed by atoms with Crippen LogP contribution in [0.3, 0.4) is 0 Å². The number of piperidine rings is 1. The van der Waals surface area contributed by atoms with E-state index in [4.69, 9.17) is 0 Å². The lowest BCUT2D eigenvalue weighted by atomic mass is 9.94. The monoisotopic (exact) mass is 364 g/mol. The van der Waals surface area contributed by atoms with Crippen LogP contribution in [0, 0.1) is 12.8 Å². The van der Waals surface area contributed by atoms with Crippen LogP contribution in [0.25, 0.3) is 0 Å². The molecular formula is C23H28N2O2. The quantitative estimate of drug-likeness (QED) is 0.809. The van der Waals surface area contributed by atoms with Gasteiger partial charge in [-0.15, -0.1) is 0 Å². The standard InChI is InChI=1S/C23H28N2O2/c1-3-25(21-7-5-4-6-8-21)23(27)20-13-15-24(16-14-20)22(26)17-19-11-9-18(2)10-12-19/h4-12,20H,3,13-17H2,1-2H3. The first-order valence-electron chi connectivity index (χ1n) is 9.78. The Hall–Kier alpha value is -2.62. The molecule has 1 aliphatic heterocycles. The first-order valence-corrected chi connectivity index (χ1v) is 9.78. The Balaban J connectivity index is 1.55. The van der Waals surface area contributed by atoms with Gasteiger partial charge in [0.1, 0.15) is 0 Å². The summed E-state index contributed by atoms with van der Waals surface area (Å²) in [4.78, 5) is 29.3. The molecule has 2 amide bonds. The molecule has 142 valence electrons. The minimum absolute atomic E-state index is 0.00594. The number of amides is 2. The fourth-order valence-corrected chi connectivity index (χ4v) is 3.66. The number of anilines is 1. The zero-order valence-corrected chi connectivity index (χ0v) is 16.2. The van der Waals surface area contributed by atoms with E-state index in [1.165, 1.54) is 5.56 Å². The zero-order valence-electron chi connectivity index (χ0n) is 16.2. The lowest BCUT2D eigenvalue weighted by Crippen LogP contribution is -2.45. The van der Waals surface area contributed by atoms with Crippen LogP contribution < -0.4 is 4.90 Å². The SMILES string of the molecule is CCN(C(=O)C1CCN(C(=O)Cc2ccc(C)cc2)CC1)c1ccccc1. The number of aryl methyl sites for hydroxylation is 1. The molecular weight excluding hydrogens is 336 g/mol. The average Bonchev–Trinajstić information content (AvgIpc) is 2.71. The lowest BCUT2D eigenvalue weighted by molar-refractivity contribution is -0.134. The fraction of sp³-hybridized carbons (Fsp3) is 0.391. The van der Waals surface area contributed by atoms with Crippen molar-refractivity contribution in [3.05, 3.63) is 65.7 Å². The van der Waals surface area contributed by atoms with E-state index in [1.54, 1.807) is 0 Å². The maximum atomic E-state index is 13.0. The van der Waals surface area contributed by atoms with Crippen LogP contribution in [-0.2, 0) is 16.0 Å². The van der Waals surface area contributed by atoms with E-state index in [0.29, 0.717) is 26.1 Å². The van der Waals surface area contributed by atoms with Crippen LogP contribution in [-0.4, -0.2) is 36.3 Å². The fourth-order valence-electron chi connectivity index (χ4n) is 3.66. The highest BCUT2D eigenvalue weighted by Gasteiger charge is 2.30. The van der Waals surface area contributed by atoms with E-state index in [1.807, 2.05) is 78.2 Å². The molecule has 0 saturated carbocycles. The van der Waals surface area contributed by atoms with Crippen molar-refractivity contribution >= 4 is 17.5 Å². The van der Waals surface area contributed by atoms with E-state index in [9.17, 15) is 9.59 Å². The molecule has 2 aromatic rings. The number of para-hydroxylation sites is 1. The largest absolute Gasteiger partial charge is 0.342 e. The minimum atomic E-state index is -0.00594. The van der Waals surface area contributed by atoms with Gasteiger partial charge in [0.2, 0.25) is 11.8 Å². The van der Waals surface area contributed by atoms with Crippen molar-refractivity contribution in [1.82, 2.24) is 4.90 Å². The number of likely N-dealkylation sites (tertiary alicyclic amines) is 1. The summed E-state index contributed by atoms with van der Waals surface area (Å²) in [6, 6.07) is 17.9. The van der Waals surface area contributed by atoms with Crippen molar-refractivity contribution in [2.45, 2.75) is 33.1 Å². The predicted octanol–water partition coefficient (Wildman–Crippen LogP) is 3.83. The number of benzene rings is 2. The third-order valence-electron chi connectivity index (χ3n) is 5.32. The topological polar surface area (TPSA) is 40.6 Å². The zero-order chi connectivity index (χ0) is 19.2. The molecule has 0 aliphatic carbocycles. The number of carbonyl (C=O) groups excluding carboxylic acids is 2. The highest BCUT2D eigenvalue weighted by atomic mass is 16.2. The molecule has 1 fully saturated rings. The normalized spacial score (nSPS) is 14.8. The van der Waals surface area contributed by atoms with Crippen molar-refractivity contribution in [1.29, 1.82) is 0 Å².